The Morgan fingerprint density at radius 3 is 2.16 bits per heavy atom. The first-order valence-corrected chi connectivity index (χ1v) is 10.5. The molecule has 0 saturated carbocycles. The molecule has 7 heteroatoms. The van der Waals surface area contributed by atoms with E-state index in [2.05, 4.69) is 33.9 Å². The standard InChI is InChI=1S/C18H31N3O2S.ClH/c1-3-12-21(13-4-2)24(22,23)19-18-10-14-20(15-11-18)16-17-8-6-5-7-9-17;/h5-9,18-19H,3-4,10-16H2,1-2H3;1H. The monoisotopic (exact) mass is 389 g/mol. The maximum Gasteiger partial charge on any atom is 0.279 e. The van der Waals surface area contributed by atoms with Crippen LogP contribution in [-0.2, 0) is 16.8 Å². The van der Waals surface area contributed by atoms with Gasteiger partial charge >= 0.3 is 0 Å². The summed E-state index contributed by atoms with van der Waals surface area (Å²) < 4.78 is 29.6. The van der Waals surface area contributed by atoms with E-state index >= 15 is 0 Å². The number of hydrogen-bond donors (Lipinski definition) is 1. The van der Waals surface area contributed by atoms with Gasteiger partial charge in [0.15, 0.2) is 0 Å². The molecule has 0 amide bonds. The molecular formula is C18H32ClN3O2S. The molecule has 0 spiro atoms. The lowest BCUT2D eigenvalue weighted by Gasteiger charge is -2.33. The van der Waals surface area contributed by atoms with Crippen LogP contribution < -0.4 is 4.72 Å². The largest absolute Gasteiger partial charge is 0.299 e. The quantitative estimate of drug-likeness (QED) is 0.706. The second kappa shape index (κ2) is 11.1. The van der Waals surface area contributed by atoms with Crippen molar-refractivity contribution in [3.05, 3.63) is 35.9 Å². The molecule has 0 atom stereocenters. The zero-order valence-corrected chi connectivity index (χ0v) is 17.0. The third kappa shape index (κ3) is 7.23. The Hall–Kier alpha value is -0.660. The summed E-state index contributed by atoms with van der Waals surface area (Å²) >= 11 is 0. The Balaban J connectivity index is 0.00000312. The van der Waals surface area contributed by atoms with Crippen molar-refractivity contribution < 1.29 is 8.42 Å². The summed E-state index contributed by atoms with van der Waals surface area (Å²) in [6, 6.07) is 10.5. The van der Waals surface area contributed by atoms with E-state index in [0.717, 1.165) is 45.3 Å². The SMILES string of the molecule is CCCN(CCC)S(=O)(=O)NC1CCN(Cc2ccccc2)CC1.Cl. The predicted molar refractivity (Wildman–Crippen MR) is 106 cm³/mol. The number of nitrogens with zero attached hydrogens (tertiary/aromatic N) is 2. The highest BCUT2D eigenvalue weighted by molar-refractivity contribution is 7.87. The van der Waals surface area contributed by atoms with E-state index in [0.29, 0.717) is 13.1 Å². The molecule has 1 aliphatic heterocycles. The summed E-state index contributed by atoms with van der Waals surface area (Å²) in [5, 5.41) is 0. The molecule has 0 bridgehead atoms. The van der Waals surface area contributed by atoms with Crippen molar-refractivity contribution in [2.24, 2.45) is 0 Å². The van der Waals surface area contributed by atoms with Crippen LogP contribution in [0.25, 0.3) is 0 Å². The second-order valence-electron chi connectivity index (χ2n) is 6.56. The van der Waals surface area contributed by atoms with Crippen LogP contribution in [0.2, 0.25) is 0 Å². The van der Waals surface area contributed by atoms with E-state index < -0.39 is 10.2 Å². The van der Waals surface area contributed by atoms with E-state index in [1.54, 1.807) is 4.31 Å². The first kappa shape index (κ1) is 22.4. The molecule has 0 unspecified atom stereocenters. The molecule has 1 aromatic rings. The lowest BCUT2D eigenvalue weighted by Crippen LogP contribution is -2.49. The number of piperidine rings is 1. The van der Waals surface area contributed by atoms with Crippen molar-refractivity contribution in [1.82, 2.24) is 13.9 Å². The van der Waals surface area contributed by atoms with Crippen LogP contribution in [0.5, 0.6) is 0 Å². The fourth-order valence-electron chi connectivity index (χ4n) is 3.19. The molecule has 25 heavy (non-hydrogen) atoms. The third-order valence-electron chi connectivity index (χ3n) is 4.44. The Labute approximate surface area is 159 Å². The van der Waals surface area contributed by atoms with Gasteiger partial charge < -0.3 is 0 Å². The van der Waals surface area contributed by atoms with E-state index in [1.807, 2.05) is 19.9 Å². The van der Waals surface area contributed by atoms with E-state index in [4.69, 9.17) is 0 Å². The fraction of sp³-hybridized carbons (Fsp3) is 0.667. The van der Waals surface area contributed by atoms with Crippen LogP contribution in [-0.4, -0.2) is 49.8 Å². The second-order valence-corrected chi connectivity index (χ2v) is 8.26. The highest BCUT2D eigenvalue weighted by atomic mass is 35.5. The molecule has 0 aromatic heterocycles. The molecule has 1 fully saturated rings. The molecule has 0 radical (unpaired) electrons. The van der Waals surface area contributed by atoms with Crippen LogP contribution in [0.3, 0.4) is 0 Å². The van der Waals surface area contributed by atoms with Crippen molar-refractivity contribution >= 4 is 22.6 Å². The van der Waals surface area contributed by atoms with Gasteiger partial charge in [-0.3, -0.25) is 4.90 Å². The maximum absolute atomic E-state index is 12.6. The average molecular weight is 390 g/mol. The van der Waals surface area contributed by atoms with Crippen molar-refractivity contribution in [2.75, 3.05) is 26.2 Å². The first-order chi connectivity index (χ1) is 11.5. The smallest absolute Gasteiger partial charge is 0.279 e. The Morgan fingerprint density at radius 1 is 1.08 bits per heavy atom. The number of likely N-dealkylation sites (tertiary alicyclic amines) is 1. The van der Waals surface area contributed by atoms with Crippen molar-refractivity contribution in [1.29, 1.82) is 0 Å². The minimum Gasteiger partial charge on any atom is -0.299 e. The number of hydrogen-bond acceptors (Lipinski definition) is 3. The highest BCUT2D eigenvalue weighted by Crippen LogP contribution is 2.15. The van der Waals surface area contributed by atoms with E-state index in [9.17, 15) is 8.42 Å². The summed E-state index contributed by atoms with van der Waals surface area (Å²) in [5.41, 5.74) is 1.31. The van der Waals surface area contributed by atoms with Crippen LogP contribution in [0, 0.1) is 0 Å². The molecular weight excluding hydrogens is 358 g/mol. The Kier molecular flexibility index (Phi) is 9.97. The van der Waals surface area contributed by atoms with Crippen LogP contribution in [0.4, 0.5) is 0 Å². The number of rotatable bonds is 9. The van der Waals surface area contributed by atoms with Crippen molar-refractivity contribution in [3.63, 3.8) is 0 Å². The third-order valence-corrected chi connectivity index (χ3v) is 6.11. The molecule has 1 N–H and O–H groups in total. The average Bonchev–Trinajstić information content (AvgIpc) is 2.57. The Bertz CT molecular complexity index is 569. The molecule has 1 aliphatic rings. The Morgan fingerprint density at radius 2 is 1.64 bits per heavy atom. The lowest BCUT2D eigenvalue weighted by molar-refractivity contribution is 0.198. The highest BCUT2D eigenvalue weighted by Gasteiger charge is 2.27. The molecule has 2 rings (SSSR count). The number of halogens is 1. The van der Waals surface area contributed by atoms with Gasteiger partial charge in [-0.25, -0.2) is 0 Å². The minimum atomic E-state index is -3.36. The van der Waals surface area contributed by atoms with Gasteiger partial charge in [-0.1, -0.05) is 44.2 Å². The van der Waals surface area contributed by atoms with Crippen LogP contribution >= 0.6 is 12.4 Å². The predicted octanol–water partition coefficient (Wildman–Crippen LogP) is 3.03. The zero-order chi connectivity index (χ0) is 17.4. The zero-order valence-electron chi connectivity index (χ0n) is 15.4. The molecule has 1 saturated heterocycles. The van der Waals surface area contributed by atoms with Crippen molar-refractivity contribution in [2.45, 2.75) is 52.1 Å². The first-order valence-electron chi connectivity index (χ1n) is 9.08. The molecule has 0 aliphatic carbocycles. The molecule has 1 aromatic carbocycles. The molecule has 144 valence electrons. The number of nitrogens with one attached hydrogen (secondary N) is 1. The molecule has 5 nitrogen and oxygen atoms in total. The van der Waals surface area contributed by atoms with Crippen molar-refractivity contribution in [3.8, 4) is 0 Å². The lowest BCUT2D eigenvalue weighted by atomic mass is 10.1. The summed E-state index contributed by atoms with van der Waals surface area (Å²) in [6.07, 6.45) is 3.43. The summed E-state index contributed by atoms with van der Waals surface area (Å²) in [4.78, 5) is 2.40. The van der Waals surface area contributed by atoms with Gasteiger partial charge in [-0.05, 0) is 31.2 Å². The number of benzene rings is 1. The van der Waals surface area contributed by atoms with Gasteiger partial charge in [0, 0.05) is 38.8 Å². The van der Waals surface area contributed by atoms with Crippen LogP contribution in [0.15, 0.2) is 30.3 Å². The normalized spacial score (nSPS) is 16.8. The topological polar surface area (TPSA) is 52.7 Å². The van der Waals surface area contributed by atoms with Gasteiger partial charge in [0.1, 0.15) is 0 Å². The van der Waals surface area contributed by atoms with Gasteiger partial charge in [-0.15, -0.1) is 12.4 Å². The van der Waals surface area contributed by atoms with Gasteiger partial charge in [-0.2, -0.15) is 17.4 Å². The summed E-state index contributed by atoms with van der Waals surface area (Å²) in [5.74, 6) is 0. The summed E-state index contributed by atoms with van der Waals surface area (Å²) in [7, 11) is -3.36. The van der Waals surface area contributed by atoms with E-state index in [-0.39, 0.29) is 18.4 Å². The van der Waals surface area contributed by atoms with Gasteiger partial charge in [0.2, 0.25) is 0 Å². The van der Waals surface area contributed by atoms with Gasteiger partial charge in [0.05, 0.1) is 0 Å². The minimum absolute atomic E-state index is 0. The maximum atomic E-state index is 12.6. The summed E-state index contributed by atoms with van der Waals surface area (Å²) in [6.45, 7) is 8.03. The van der Waals surface area contributed by atoms with Crippen LogP contribution in [0.1, 0.15) is 45.1 Å². The van der Waals surface area contributed by atoms with Gasteiger partial charge in [0.25, 0.3) is 10.2 Å². The van der Waals surface area contributed by atoms with E-state index in [1.165, 1.54) is 5.56 Å². The fourth-order valence-corrected chi connectivity index (χ4v) is 4.84. The molecule has 1 heterocycles.